The molecule has 2 rings (SSSR count). The Kier molecular flexibility index (Phi) is 5.17. The fourth-order valence-electron chi connectivity index (χ4n) is 2.86. The van der Waals surface area contributed by atoms with Crippen molar-refractivity contribution in [3.63, 3.8) is 0 Å². The number of benzene rings is 1. The standard InChI is InChI=1S/C17H19NO2/c1-2-13-10-11-14(7-6-12-18)16(13)17(19)20-15-8-4-3-5-9-15/h3-5,8-9,11,13-14,16H,1-2,6-7,10H2. The maximum atomic E-state index is 12.4. The van der Waals surface area contributed by atoms with Crippen LogP contribution in [-0.4, -0.2) is 5.97 Å². The van der Waals surface area contributed by atoms with Crippen molar-refractivity contribution in [2.24, 2.45) is 17.8 Å². The van der Waals surface area contributed by atoms with Gasteiger partial charge in [-0.05, 0) is 49.7 Å². The summed E-state index contributed by atoms with van der Waals surface area (Å²) in [5.41, 5.74) is 0. The second kappa shape index (κ2) is 7.09. The second-order valence-corrected chi connectivity index (χ2v) is 5.14. The van der Waals surface area contributed by atoms with E-state index in [0.29, 0.717) is 18.6 Å². The van der Waals surface area contributed by atoms with Gasteiger partial charge < -0.3 is 4.74 Å². The summed E-state index contributed by atoms with van der Waals surface area (Å²) in [6, 6.07) is 11.3. The van der Waals surface area contributed by atoms with Crippen molar-refractivity contribution in [2.75, 3.05) is 0 Å². The Morgan fingerprint density at radius 1 is 1.40 bits per heavy atom. The first kappa shape index (κ1) is 14.6. The quantitative estimate of drug-likeness (QED) is 0.606. The molecule has 0 heterocycles. The molecule has 3 atom stereocenters. The third kappa shape index (κ3) is 3.39. The number of hydrogen-bond acceptors (Lipinski definition) is 3. The van der Waals surface area contributed by atoms with Crippen LogP contribution in [0.15, 0.2) is 30.3 Å². The van der Waals surface area contributed by atoms with Crippen molar-refractivity contribution >= 4 is 5.97 Å². The number of hydrogen-bond donors (Lipinski definition) is 0. The fourth-order valence-corrected chi connectivity index (χ4v) is 2.86. The third-order valence-corrected chi connectivity index (χ3v) is 3.90. The molecule has 20 heavy (non-hydrogen) atoms. The lowest BCUT2D eigenvalue weighted by molar-refractivity contribution is -0.141. The smallest absolute Gasteiger partial charge is 0.314 e. The van der Waals surface area contributed by atoms with E-state index in [9.17, 15) is 4.79 Å². The lowest BCUT2D eigenvalue weighted by Crippen LogP contribution is -2.29. The van der Waals surface area contributed by atoms with Gasteiger partial charge in [-0.15, -0.1) is 0 Å². The van der Waals surface area contributed by atoms with Crippen LogP contribution in [0.25, 0.3) is 0 Å². The summed E-state index contributed by atoms with van der Waals surface area (Å²) in [7, 11) is 0. The number of carbonyl (C=O) groups is 1. The average molecular weight is 269 g/mol. The first-order chi connectivity index (χ1) is 9.76. The van der Waals surface area contributed by atoms with Crippen LogP contribution in [0, 0.1) is 42.4 Å². The Balaban J connectivity index is 2.05. The lowest BCUT2D eigenvalue weighted by Gasteiger charge is -2.21. The average Bonchev–Trinajstić information content (AvgIpc) is 2.89. The van der Waals surface area contributed by atoms with Gasteiger partial charge in [-0.1, -0.05) is 25.1 Å². The minimum atomic E-state index is -0.193. The predicted octanol–water partition coefficient (Wildman–Crippen LogP) is 3.58. The number of ether oxygens (including phenoxy) is 1. The molecule has 2 radical (unpaired) electrons. The molecule has 1 saturated carbocycles. The lowest BCUT2D eigenvalue weighted by atomic mass is 9.85. The van der Waals surface area contributed by atoms with Crippen molar-refractivity contribution < 1.29 is 9.53 Å². The third-order valence-electron chi connectivity index (χ3n) is 3.90. The summed E-state index contributed by atoms with van der Waals surface area (Å²) in [6.07, 6.45) is 4.95. The molecular weight excluding hydrogens is 250 g/mol. The van der Waals surface area contributed by atoms with Crippen LogP contribution in [0.4, 0.5) is 0 Å². The van der Waals surface area contributed by atoms with Gasteiger partial charge in [-0.2, -0.15) is 5.26 Å². The van der Waals surface area contributed by atoms with Gasteiger partial charge in [0.25, 0.3) is 0 Å². The molecule has 3 heteroatoms. The van der Waals surface area contributed by atoms with Crippen molar-refractivity contribution in [3.05, 3.63) is 43.7 Å². The van der Waals surface area contributed by atoms with Crippen molar-refractivity contribution in [1.82, 2.24) is 0 Å². The molecule has 1 fully saturated rings. The highest BCUT2D eigenvalue weighted by Gasteiger charge is 2.40. The van der Waals surface area contributed by atoms with E-state index in [0.717, 1.165) is 12.8 Å². The maximum absolute atomic E-state index is 12.4. The molecule has 0 saturated heterocycles. The van der Waals surface area contributed by atoms with Gasteiger partial charge in [0, 0.05) is 6.42 Å². The summed E-state index contributed by atoms with van der Waals surface area (Å²) < 4.78 is 5.47. The molecule has 1 aliphatic carbocycles. The highest BCUT2D eigenvalue weighted by molar-refractivity contribution is 5.76. The zero-order chi connectivity index (χ0) is 14.4. The van der Waals surface area contributed by atoms with Gasteiger partial charge in [0.15, 0.2) is 0 Å². The van der Waals surface area contributed by atoms with E-state index < -0.39 is 0 Å². The van der Waals surface area contributed by atoms with Gasteiger partial charge >= 0.3 is 5.97 Å². The molecule has 1 aliphatic rings. The molecule has 0 aromatic heterocycles. The van der Waals surface area contributed by atoms with E-state index in [1.54, 1.807) is 12.1 Å². The van der Waals surface area contributed by atoms with Gasteiger partial charge in [0.1, 0.15) is 5.75 Å². The number of nitrogens with zero attached hydrogens (tertiary/aromatic N) is 1. The largest absolute Gasteiger partial charge is 0.426 e. The number of nitriles is 1. The molecular formula is C17H19NO2. The minimum Gasteiger partial charge on any atom is -0.426 e. The predicted molar refractivity (Wildman–Crippen MR) is 76.3 cm³/mol. The number of rotatable bonds is 5. The van der Waals surface area contributed by atoms with E-state index in [1.165, 1.54) is 0 Å². The van der Waals surface area contributed by atoms with E-state index in [1.807, 2.05) is 18.2 Å². The van der Waals surface area contributed by atoms with Gasteiger partial charge in [-0.3, -0.25) is 4.79 Å². The first-order valence-corrected chi connectivity index (χ1v) is 7.02. The summed E-state index contributed by atoms with van der Waals surface area (Å²) in [6.45, 7) is 3.93. The molecule has 3 nitrogen and oxygen atoms in total. The van der Waals surface area contributed by atoms with Crippen LogP contribution in [0.5, 0.6) is 5.75 Å². The molecule has 0 N–H and O–H groups in total. The van der Waals surface area contributed by atoms with Gasteiger partial charge in [0.05, 0.1) is 12.0 Å². The topological polar surface area (TPSA) is 50.1 Å². The second-order valence-electron chi connectivity index (χ2n) is 5.14. The zero-order valence-corrected chi connectivity index (χ0v) is 11.5. The monoisotopic (exact) mass is 269 g/mol. The normalized spacial score (nSPS) is 25.1. The van der Waals surface area contributed by atoms with Crippen LogP contribution in [0.3, 0.4) is 0 Å². The molecule has 1 aromatic rings. The Hall–Kier alpha value is -1.82. The summed E-state index contributed by atoms with van der Waals surface area (Å²) in [5.74, 6) is 0.585. The van der Waals surface area contributed by atoms with E-state index in [2.05, 4.69) is 19.4 Å². The van der Waals surface area contributed by atoms with Crippen LogP contribution >= 0.6 is 0 Å². The molecule has 1 aromatic carbocycles. The highest BCUT2D eigenvalue weighted by atomic mass is 16.5. The van der Waals surface area contributed by atoms with Gasteiger partial charge in [0.2, 0.25) is 0 Å². The Morgan fingerprint density at radius 2 is 2.15 bits per heavy atom. The van der Waals surface area contributed by atoms with Crippen LogP contribution in [-0.2, 0) is 4.79 Å². The summed E-state index contributed by atoms with van der Waals surface area (Å²) in [5, 5.41) is 8.72. The number of para-hydroxylation sites is 1. The molecule has 0 amide bonds. The molecule has 0 bridgehead atoms. The van der Waals surface area contributed by atoms with Crippen molar-refractivity contribution in [2.45, 2.75) is 25.7 Å². The van der Waals surface area contributed by atoms with Crippen molar-refractivity contribution in [1.29, 1.82) is 5.26 Å². The first-order valence-electron chi connectivity index (χ1n) is 7.02. The fraction of sp³-hybridized carbons (Fsp3) is 0.412. The highest BCUT2D eigenvalue weighted by Crippen LogP contribution is 2.41. The Bertz CT molecular complexity index is 478. The molecule has 0 aliphatic heterocycles. The molecule has 3 unspecified atom stereocenters. The van der Waals surface area contributed by atoms with Crippen LogP contribution in [0.2, 0.25) is 0 Å². The van der Waals surface area contributed by atoms with E-state index in [4.69, 9.17) is 10.00 Å². The number of esters is 1. The Morgan fingerprint density at radius 3 is 2.80 bits per heavy atom. The summed E-state index contributed by atoms with van der Waals surface area (Å²) in [4.78, 5) is 12.4. The maximum Gasteiger partial charge on any atom is 0.314 e. The van der Waals surface area contributed by atoms with Gasteiger partial charge in [-0.25, -0.2) is 0 Å². The van der Waals surface area contributed by atoms with Crippen LogP contribution < -0.4 is 4.74 Å². The molecule has 104 valence electrons. The van der Waals surface area contributed by atoms with E-state index in [-0.39, 0.29) is 23.7 Å². The summed E-state index contributed by atoms with van der Waals surface area (Å²) >= 11 is 0. The van der Waals surface area contributed by atoms with Crippen molar-refractivity contribution in [3.8, 4) is 11.8 Å². The zero-order valence-electron chi connectivity index (χ0n) is 11.5. The number of carbonyl (C=O) groups excluding carboxylic acids is 1. The molecule has 0 spiro atoms. The van der Waals surface area contributed by atoms with Crippen LogP contribution in [0.1, 0.15) is 25.7 Å². The minimum absolute atomic E-state index is 0.137. The SMILES string of the molecule is [CH2]CC1C[CH]C(CCC#N)C1C(=O)Oc1ccccc1. The van der Waals surface area contributed by atoms with E-state index >= 15 is 0 Å². The Labute approximate surface area is 120 Å².